The van der Waals surface area contributed by atoms with Crippen LogP contribution in [0.25, 0.3) is 0 Å². The van der Waals surface area contributed by atoms with Crippen LogP contribution in [0.4, 0.5) is 0 Å². The molecule has 0 radical (unpaired) electrons. The summed E-state index contributed by atoms with van der Waals surface area (Å²) in [5, 5.41) is 0. The number of nitrogens with zero attached hydrogens (tertiary/aromatic N) is 2. The Labute approximate surface area is 112 Å². The van der Waals surface area contributed by atoms with Gasteiger partial charge in [-0.05, 0) is 52.4 Å². The maximum Gasteiger partial charge on any atom is 0.0658 e. The minimum atomic E-state index is 0.0534. The van der Waals surface area contributed by atoms with Crippen molar-refractivity contribution in [1.29, 1.82) is 0 Å². The summed E-state index contributed by atoms with van der Waals surface area (Å²) < 4.78 is 5.40. The molecular weight excluding hydrogens is 226 g/mol. The molecule has 1 aliphatic heterocycles. The third-order valence-corrected chi connectivity index (χ3v) is 4.36. The summed E-state index contributed by atoms with van der Waals surface area (Å²) in [6, 6.07) is 0. The van der Waals surface area contributed by atoms with Crippen LogP contribution in [0.15, 0.2) is 0 Å². The van der Waals surface area contributed by atoms with Crippen molar-refractivity contribution in [2.24, 2.45) is 11.7 Å². The van der Waals surface area contributed by atoms with Crippen LogP contribution in [0.1, 0.15) is 26.2 Å². The lowest BCUT2D eigenvalue weighted by atomic mass is 9.88. The van der Waals surface area contributed by atoms with Gasteiger partial charge in [-0.25, -0.2) is 0 Å². The number of likely N-dealkylation sites (tertiary alicyclic amines) is 1. The van der Waals surface area contributed by atoms with Gasteiger partial charge < -0.3 is 15.4 Å². The average molecular weight is 257 g/mol. The average Bonchev–Trinajstić information content (AvgIpc) is 2.36. The second-order valence-corrected chi connectivity index (χ2v) is 5.91. The van der Waals surface area contributed by atoms with Crippen LogP contribution in [0.5, 0.6) is 0 Å². The predicted molar refractivity (Wildman–Crippen MR) is 76.8 cm³/mol. The van der Waals surface area contributed by atoms with Crippen LogP contribution in [-0.4, -0.2) is 69.3 Å². The molecule has 4 heteroatoms. The van der Waals surface area contributed by atoms with Crippen molar-refractivity contribution in [1.82, 2.24) is 9.80 Å². The van der Waals surface area contributed by atoms with E-state index < -0.39 is 0 Å². The largest absolute Gasteiger partial charge is 0.383 e. The fourth-order valence-corrected chi connectivity index (χ4v) is 3.12. The van der Waals surface area contributed by atoms with Crippen LogP contribution in [0.3, 0.4) is 0 Å². The molecule has 0 amide bonds. The molecule has 1 unspecified atom stereocenters. The predicted octanol–water partition coefficient (Wildman–Crippen LogP) is 1.01. The second kappa shape index (κ2) is 7.43. The summed E-state index contributed by atoms with van der Waals surface area (Å²) in [5.74, 6) is 0.839. The Kier molecular flexibility index (Phi) is 6.57. The molecule has 0 bridgehead atoms. The van der Waals surface area contributed by atoms with Gasteiger partial charge >= 0.3 is 0 Å². The van der Waals surface area contributed by atoms with E-state index in [1.807, 2.05) is 0 Å². The first-order chi connectivity index (χ1) is 8.57. The second-order valence-electron chi connectivity index (χ2n) is 5.91. The highest BCUT2D eigenvalue weighted by molar-refractivity contribution is 4.93. The number of methoxy groups -OCH3 is 1. The van der Waals surface area contributed by atoms with Gasteiger partial charge in [0.1, 0.15) is 0 Å². The molecule has 1 saturated heterocycles. The Morgan fingerprint density at radius 2 is 1.94 bits per heavy atom. The third kappa shape index (κ3) is 3.92. The van der Waals surface area contributed by atoms with Gasteiger partial charge in [-0.2, -0.15) is 0 Å². The van der Waals surface area contributed by atoms with Crippen molar-refractivity contribution < 1.29 is 4.74 Å². The molecule has 1 fully saturated rings. The molecule has 1 heterocycles. The zero-order valence-electron chi connectivity index (χ0n) is 12.6. The normalized spacial score (nSPS) is 22.3. The Balaban J connectivity index is 2.53. The molecule has 0 aromatic carbocycles. The third-order valence-electron chi connectivity index (χ3n) is 4.36. The molecule has 4 nitrogen and oxygen atoms in total. The molecule has 1 aliphatic rings. The summed E-state index contributed by atoms with van der Waals surface area (Å²) in [6.07, 6.45) is 3.63. The molecule has 1 rings (SSSR count). The summed E-state index contributed by atoms with van der Waals surface area (Å²) >= 11 is 0. The van der Waals surface area contributed by atoms with Crippen LogP contribution in [0.2, 0.25) is 0 Å². The van der Waals surface area contributed by atoms with Crippen molar-refractivity contribution in [2.75, 3.05) is 54.0 Å². The Hall–Kier alpha value is -0.160. The van der Waals surface area contributed by atoms with E-state index in [9.17, 15) is 0 Å². The maximum atomic E-state index is 6.02. The van der Waals surface area contributed by atoms with Gasteiger partial charge in [0.2, 0.25) is 0 Å². The zero-order valence-corrected chi connectivity index (χ0v) is 12.6. The van der Waals surface area contributed by atoms with E-state index in [0.717, 1.165) is 32.0 Å². The zero-order chi connectivity index (χ0) is 13.6. The molecule has 108 valence electrons. The highest BCUT2D eigenvalue weighted by Gasteiger charge is 2.36. The van der Waals surface area contributed by atoms with Crippen molar-refractivity contribution in [2.45, 2.75) is 31.7 Å². The highest BCUT2D eigenvalue weighted by atomic mass is 16.5. The molecule has 0 aliphatic carbocycles. The fraction of sp³-hybridized carbons (Fsp3) is 1.00. The minimum Gasteiger partial charge on any atom is -0.383 e. The van der Waals surface area contributed by atoms with E-state index in [0.29, 0.717) is 6.54 Å². The number of nitrogens with two attached hydrogens (primary N) is 1. The summed E-state index contributed by atoms with van der Waals surface area (Å²) in [7, 11) is 6.10. The van der Waals surface area contributed by atoms with Crippen LogP contribution >= 0.6 is 0 Å². The lowest BCUT2D eigenvalue weighted by Gasteiger charge is -2.46. The van der Waals surface area contributed by atoms with E-state index in [1.54, 1.807) is 7.11 Å². The lowest BCUT2D eigenvalue weighted by Crippen LogP contribution is -2.59. The molecule has 1 atom stereocenters. The van der Waals surface area contributed by atoms with Gasteiger partial charge in [-0.3, -0.25) is 4.90 Å². The van der Waals surface area contributed by atoms with Crippen molar-refractivity contribution in [3.05, 3.63) is 0 Å². The quantitative estimate of drug-likeness (QED) is 0.739. The highest BCUT2D eigenvalue weighted by Crippen LogP contribution is 2.26. The molecular formula is C14H31N3O. The van der Waals surface area contributed by atoms with Gasteiger partial charge in [0.15, 0.2) is 0 Å². The summed E-state index contributed by atoms with van der Waals surface area (Å²) in [6.45, 7) is 7.19. The van der Waals surface area contributed by atoms with Crippen LogP contribution in [-0.2, 0) is 4.74 Å². The molecule has 0 aromatic heterocycles. The summed E-state index contributed by atoms with van der Waals surface area (Å²) in [4.78, 5) is 4.86. The van der Waals surface area contributed by atoms with Gasteiger partial charge in [0, 0.05) is 20.2 Å². The van der Waals surface area contributed by atoms with E-state index in [1.165, 1.54) is 19.4 Å². The standard InChI is InChI=1S/C14H31N3O/c1-5-14(11-15,12-18-4)17-8-6-13(7-9-17)10-16(2)3/h13H,5-12,15H2,1-4H3. The van der Waals surface area contributed by atoms with Gasteiger partial charge in [0.25, 0.3) is 0 Å². The monoisotopic (exact) mass is 257 g/mol. The van der Waals surface area contributed by atoms with E-state index >= 15 is 0 Å². The Bertz CT molecular complexity index is 221. The van der Waals surface area contributed by atoms with Gasteiger partial charge in [0.05, 0.1) is 12.1 Å². The molecule has 0 saturated carbocycles. The number of hydrogen-bond donors (Lipinski definition) is 1. The van der Waals surface area contributed by atoms with E-state index in [2.05, 4.69) is 30.8 Å². The minimum absolute atomic E-state index is 0.0534. The first kappa shape index (κ1) is 15.9. The first-order valence-electron chi connectivity index (χ1n) is 7.16. The molecule has 2 N–H and O–H groups in total. The van der Waals surface area contributed by atoms with Crippen LogP contribution < -0.4 is 5.73 Å². The summed E-state index contributed by atoms with van der Waals surface area (Å²) in [5.41, 5.74) is 6.07. The fourth-order valence-electron chi connectivity index (χ4n) is 3.12. The van der Waals surface area contributed by atoms with Crippen molar-refractivity contribution in [3.63, 3.8) is 0 Å². The Morgan fingerprint density at radius 3 is 2.33 bits per heavy atom. The Morgan fingerprint density at radius 1 is 1.33 bits per heavy atom. The number of piperidine rings is 1. The first-order valence-corrected chi connectivity index (χ1v) is 7.16. The number of ether oxygens (including phenoxy) is 1. The van der Waals surface area contributed by atoms with Gasteiger partial charge in [-0.15, -0.1) is 0 Å². The lowest BCUT2D eigenvalue weighted by molar-refractivity contribution is -0.00944. The smallest absolute Gasteiger partial charge is 0.0658 e. The number of rotatable bonds is 7. The van der Waals surface area contributed by atoms with Crippen LogP contribution in [0, 0.1) is 5.92 Å². The number of hydrogen-bond acceptors (Lipinski definition) is 4. The van der Waals surface area contributed by atoms with Crippen molar-refractivity contribution in [3.8, 4) is 0 Å². The topological polar surface area (TPSA) is 41.7 Å². The molecule has 0 aromatic rings. The SMILES string of the molecule is CCC(CN)(COC)N1CCC(CN(C)C)CC1. The molecule has 18 heavy (non-hydrogen) atoms. The maximum absolute atomic E-state index is 6.02. The van der Waals surface area contributed by atoms with Gasteiger partial charge in [-0.1, -0.05) is 6.92 Å². The van der Waals surface area contributed by atoms with E-state index in [4.69, 9.17) is 10.5 Å². The molecule has 0 spiro atoms. The van der Waals surface area contributed by atoms with E-state index in [-0.39, 0.29) is 5.54 Å². The van der Waals surface area contributed by atoms with Crippen molar-refractivity contribution >= 4 is 0 Å².